The van der Waals surface area contributed by atoms with Crippen LogP contribution in [0.3, 0.4) is 0 Å². The smallest absolute Gasteiger partial charge is 0.147 e. The number of aryl methyl sites for hydroxylation is 1. The lowest BCUT2D eigenvalue weighted by Crippen LogP contribution is -2.00. The lowest BCUT2D eigenvalue weighted by molar-refractivity contribution is 1.10. The summed E-state index contributed by atoms with van der Waals surface area (Å²) in [5, 5.41) is 4.78. The molecule has 0 unspecified atom stereocenters. The molecule has 6 aromatic rings. The van der Waals surface area contributed by atoms with Crippen molar-refractivity contribution >= 4 is 38.3 Å². The summed E-state index contributed by atoms with van der Waals surface area (Å²) < 4.78 is 2.26. The van der Waals surface area contributed by atoms with E-state index in [-0.39, 0.29) is 0 Å². The van der Waals surface area contributed by atoms with Gasteiger partial charge in [0.05, 0.1) is 11.0 Å². The van der Waals surface area contributed by atoms with Crippen molar-refractivity contribution in [2.24, 2.45) is 0 Å². The van der Waals surface area contributed by atoms with Crippen LogP contribution < -0.4 is 5.73 Å². The van der Waals surface area contributed by atoms with Gasteiger partial charge in [-0.1, -0.05) is 78.4 Å². The Morgan fingerprint density at radius 1 is 0.645 bits per heavy atom. The predicted octanol–water partition coefficient (Wildman–Crippen LogP) is 6.89. The maximum Gasteiger partial charge on any atom is 0.147 e. The van der Waals surface area contributed by atoms with Gasteiger partial charge in [0.25, 0.3) is 0 Å². The lowest BCUT2D eigenvalue weighted by Gasteiger charge is -2.13. The number of hydrogen-bond acceptors (Lipinski definition) is 2. The molecule has 31 heavy (non-hydrogen) atoms. The highest BCUT2D eigenvalue weighted by molar-refractivity contribution is 6.24. The first-order valence-corrected chi connectivity index (χ1v) is 10.5. The summed E-state index contributed by atoms with van der Waals surface area (Å²) in [6.07, 6.45) is 0. The van der Waals surface area contributed by atoms with E-state index in [0.29, 0.717) is 0 Å². The third-order valence-corrected chi connectivity index (χ3v) is 6.03. The van der Waals surface area contributed by atoms with Crippen LogP contribution in [-0.4, -0.2) is 9.55 Å². The highest BCUT2D eigenvalue weighted by Gasteiger charge is 2.20. The Morgan fingerprint density at radius 2 is 1.23 bits per heavy atom. The Labute approximate surface area is 180 Å². The van der Waals surface area contributed by atoms with Gasteiger partial charge in [0.15, 0.2) is 0 Å². The zero-order chi connectivity index (χ0) is 20.9. The number of para-hydroxylation sites is 1. The van der Waals surface area contributed by atoms with Gasteiger partial charge in [-0.2, -0.15) is 0 Å². The monoisotopic (exact) mass is 399 g/mol. The van der Waals surface area contributed by atoms with E-state index in [1.54, 1.807) is 0 Å². The fourth-order valence-electron chi connectivity index (χ4n) is 4.53. The van der Waals surface area contributed by atoms with E-state index in [2.05, 4.69) is 84.3 Å². The number of imidazole rings is 1. The molecule has 0 aliphatic heterocycles. The average molecular weight is 399 g/mol. The minimum atomic E-state index is 0.722. The Balaban J connectivity index is 1.88. The molecule has 0 aliphatic carbocycles. The second-order valence-corrected chi connectivity index (χ2v) is 7.98. The molecule has 1 heterocycles. The zero-order valence-corrected chi connectivity index (χ0v) is 17.2. The van der Waals surface area contributed by atoms with Gasteiger partial charge in [-0.25, -0.2) is 4.98 Å². The average Bonchev–Trinajstić information content (AvgIpc) is 3.21. The van der Waals surface area contributed by atoms with E-state index >= 15 is 0 Å². The first-order valence-electron chi connectivity index (χ1n) is 10.5. The number of hydrogen-bond donors (Lipinski definition) is 1. The molecule has 2 N–H and O–H groups in total. The van der Waals surface area contributed by atoms with Crippen molar-refractivity contribution in [1.29, 1.82) is 0 Å². The van der Waals surface area contributed by atoms with Crippen molar-refractivity contribution in [2.75, 3.05) is 5.73 Å². The van der Waals surface area contributed by atoms with Crippen LogP contribution in [0.4, 0.5) is 5.69 Å². The zero-order valence-electron chi connectivity index (χ0n) is 17.2. The minimum absolute atomic E-state index is 0.722. The Bertz CT molecular complexity index is 1590. The predicted molar refractivity (Wildman–Crippen MR) is 131 cm³/mol. The molecule has 0 spiro atoms. The molecule has 148 valence electrons. The van der Waals surface area contributed by atoms with Crippen LogP contribution in [0, 0.1) is 6.92 Å². The lowest BCUT2D eigenvalue weighted by atomic mass is 10.00. The van der Waals surface area contributed by atoms with E-state index in [1.165, 1.54) is 21.7 Å². The number of anilines is 1. The molecular formula is C28H21N3. The maximum atomic E-state index is 6.42. The van der Waals surface area contributed by atoms with Crippen LogP contribution in [-0.2, 0) is 0 Å². The number of rotatable bonds is 2. The van der Waals surface area contributed by atoms with E-state index in [9.17, 15) is 0 Å². The quantitative estimate of drug-likeness (QED) is 0.254. The molecule has 0 fully saturated rings. The number of nitrogen functional groups attached to an aromatic ring is 1. The molecule has 0 saturated carbocycles. The molecule has 1 aromatic heterocycles. The third kappa shape index (κ3) is 2.63. The summed E-state index contributed by atoms with van der Waals surface area (Å²) in [5.74, 6) is 0.860. The summed E-state index contributed by atoms with van der Waals surface area (Å²) >= 11 is 0. The molecule has 0 aliphatic rings. The van der Waals surface area contributed by atoms with Crippen LogP contribution in [0.15, 0.2) is 97.1 Å². The van der Waals surface area contributed by atoms with Gasteiger partial charge in [0.1, 0.15) is 5.82 Å². The molecule has 6 rings (SSSR count). The van der Waals surface area contributed by atoms with Crippen LogP contribution >= 0.6 is 0 Å². The van der Waals surface area contributed by atoms with Crippen molar-refractivity contribution < 1.29 is 0 Å². The van der Waals surface area contributed by atoms with Crippen molar-refractivity contribution in [3.05, 3.63) is 103 Å². The van der Waals surface area contributed by atoms with Crippen LogP contribution in [0.5, 0.6) is 0 Å². The van der Waals surface area contributed by atoms with Crippen molar-refractivity contribution in [1.82, 2.24) is 9.55 Å². The van der Waals surface area contributed by atoms with E-state index in [4.69, 9.17) is 10.7 Å². The number of nitrogens with zero attached hydrogens (tertiary/aromatic N) is 2. The topological polar surface area (TPSA) is 43.8 Å². The number of nitrogens with two attached hydrogens (primary N) is 1. The first kappa shape index (κ1) is 17.7. The number of aromatic nitrogens is 2. The Morgan fingerprint density at radius 3 is 1.94 bits per heavy atom. The fraction of sp³-hybridized carbons (Fsp3) is 0.0357. The summed E-state index contributed by atoms with van der Waals surface area (Å²) in [5.41, 5.74) is 12.5. The summed E-state index contributed by atoms with van der Waals surface area (Å²) in [4.78, 5) is 5.20. The summed E-state index contributed by atoms with van der Waals surface area (Å²) in [7, 11) is 0. The van der Waals surface area contributed by atoms with Crippen molar-refractivity contribution in [2.45, 2.75) is 6.92 Å². The Hall–Kier alpha value is -4.11. The van der Waals surface area contributed by atoms with Crippen molar-refractivity contribution in [3.8, 4) is 17.1 Å². The molecule has 3 heteroatoms. The first-order chi connectivity index (χ1) is 15.2. The highest BCUT2D eigenvalue weighted by Crippen LogP contribution is 2.39. The normalized spacial score (nSPS) is 11.5. The molecule has 0 amide bonds. The minimum Gasteiger partial charge on any atom is -0.398 e. The number of fused-ring (bicyclic) bond motifs is 6. The van der Waals surface area contributed by atoms with Crippen LogP contribution in [0.25, 0.3) is 49.7 Å². The molecule has 5 aromatic carbocycles. The Kier molecular flexibility index (Phi) is 3.84. The maximum absolute atomic E-state index is 6.42. The standard InChI is InChI=1S/C28H21N3/c1-18-14-16-19(17-15-18)31-27-23-11-5-3-9-21(23)20-8-2-4-10-22(20)26(27)30-28(31)24-12-6-7-13-25(24)29/h2-17H,29H2,1H3. The van der Waals surface area contributed by atoms with Crippen LogP contribution in [0.1, 0.15) is 5.56 Å². The molecule has 0 saturated heterocycles. The van der Waals surface area contributed by atoms with Gasteiger partial charge in [-0.05, 0) is 42.0 Å². The molecule has 3 nitrogen and oxygen atoms in total. The van der Waals surface area contributed by atoms with E-state index < -0.39 is 0 Å². The fourth-order valence-corrected chi connectivity index (χ4v) is 4.53. The second-order valence-electron chi connectivity index (χ2n) is 7.98. The van der Waals surface area contributed by atoms with Crippen LogP contribution in [0.2, 0.25) is 0 Å². The van der Waals surface area contributed by atoms with Gasteiger partial charge in [-0.3, -0.25) is 4.57 Å². The largest absolute Gasteiger partial charge is 0.398 e. The third-order valence-electron chi connectivity index (χ3n) is 6.03. The van der Waals surface area contributed by atoms with Gasteiger partial charge in [0, 0.05) is 27.7 Å². The van der Waals surface area contributed by atoms with Gasteiger partial charge in [0.2, 0.25) is 0 Å². The highest BCUT2D eigenvalue weighted by atomic mass is 15.1. The SMILES string of the molecule is Cc1ccc(-n2c(-c3ccccc3N)nc3c4ccccc4c4ccccc4c32)cc1. The van der Waals surface area contributed by atoms with Gasteiger partial charge < -0.3 is 5.73 Å². The van der Waals surface area contributed by atoms with E-state index in [0.717, 1.165) is 39.2 Å². The molecule has 0 radical (unpaired) electrons. The molecular weight excluding hydrogens is 378 g/mol. The molecule has 0 bridgehead atoms. The van der Waals surface area contributed by atoms with Gasteiger partial charge >= 0.3 is 0 Å². The summed E-state index contributed by atoms with van der Waals surface area (Å²) in [6, 6.07) is 33.6. The number of benzene rings is 5. The molecule has 0 atom stereocenters. The summed E-state index contributed by atoms with van der Waals surface area (Å²) in [6.45, 7) is 2.11. The second kappa shape index (κ2) is 6.71. The van der Waals surface area contributed by atoms with Crippen molar-refractivity contribution in [3.63, 3.8) is 0 Å². The van der Waals surface area contributed by atoms with E-state index in [1.807, 2.05) is 24.3 Å². The van der Waals surface area contributed by atoms with Gasteiger partial charge in [-0.15, -0.1) is 0 Å².